The molecule has 1 heterocycles. The number of hydrogen-bond donors (Lipinski definition) is 0. The van der Waals surface area contributed by atoms with Crippen LogP contribution in [0.2, 0.25) is 10.2 Å². The van der Waals surface area contributed by atoms with Crippen LogP contribution in [-0.4, -0.2) is 9.97 Å². The van der Waals surface area contributed by atoms with E-state index in [0.29, 0.717) is 16.3 Å². The van der Waals surface area contributed by atoms with Gasteiger partial charge in [0.05, 0.1) is 11.3 Å². The van der Waals surface area contributed by atoms with Gasteiger partial charge in [0, 0.05) is 22.2 Å². The Kier molecular flexibility index (Phi) is 4.47. The van der Waals surface area contributed by atoms with Crippen molar-refractivity contribution in [2.75, 3.05) is 0 Å². The smallest absolute Gasteiger partial charge is 0.228 e. The Hall–Kier alpha value is -2.11. The van der Waals surface area contributed by atoms with E-state index < -0.39 is 11.7 Å². The van der Waals surface area contributed by atoms with Gasteiger partial charge >= 0.3 is 6.18 Å². The summed E-state index contributed by atoms with van der Waals surface area (Å²) in [5.41, 5.74) is -0.0417. The molecule has 0 aliphatic rings. The molecule has 0 fully saturated rings. The minimum atomic E-state index is -4.52. The van der Waals surface area contributed by atoms with Crippen LogP contribution in [0, 0.1) is 0 Å². The Balaban J connectivity index is 2.20. The molecule has 0 amide bonds. The lowest BCUT2D eigenvalue weighted by atomic mass is 10.1. The van der Waals surface area contributed by atoms with Crippen molar-refractivity contribution in [3.05, 3.63) is 70.3 Å². The van der Waals surface area contributed by atoms with Gasteiger partial charge in [-0.15, -0.1) is 0 Å². The zero-order valence-corrected chi connectivity index (χ0v) is 13.5. The zero-order chi connectivity index (χ0) is 17.3. The van der Waals surface area contributed by atoms with E-state index in [4.69, 9.17) is 23.2 Å². The van der Waals surface area contributed by atoms with Gasteiger partial charge in [0.25, 0.3) is 0 Å². The third-order valence-electron chi connectivity index (χ3n) is 3.32. The van der Waals surface area contributed by atoms with Crippen molar-refractivity contribution in [1.82, 2.24) is 9.97 Å². The fourth-order valence-corrected chi connectivity index (χ4v) is 2.69. The molecule has 1 aromatic heterocycles. The van der Waals surface area contributed by atoms with Crippen LogP contribution < -0.4 is 0 Å². The van der Waals surface area contributed by atoms with E-state index in [1.165, 1.54) is 24.3 Å². The number of rotatable bonds is 2. The third kappa shape index (κ3) is 3.37. The van der Waals surface area contributed by atoms with Crippen LogP contribution in [0.5, 0.6) is 0 Å². The first-order chi connectivity index (χ1) is 11.4. The molecule has 0 saturated carbocycles. The number of alkyl halides is 3. The molecular formula is C17H9Cl2F3N2. The SMILES string of the molecule is FC(F)(F)c1ccccc1-c1nc(Cl)cc(-c2ccccc2Cl)n1. The summed E-state index contributed by atoms with van der Waals surface area (Å²) in [5, 5.41) is 0.453. The van der Waals surface area contributed by atoms with Gasteiger partial charge in [0.2, 0.25) is 0 Å². The van der Waals surface area contributed by atoms with E-state index in [1.54, 1.807) is 24.3 Å². The second-order valence-corrected chi connectivity index (χ2v) is 5.72. The largest absolute Gasteiger partial charge is 0.417 e. The van der Waals surface area contributed by atoms with Crippen molar-refractivity contribution in [1.29, 1.82) is 0 Å². The van der Waals surface area contributed by atoms with Crippen LogP contribution in [0.3, 0.4) is 0 Å². The maximum atomic E-state index is 13.2. The van der Waals surface area contributed by atoms with Gasteiger partial charge in [-0.1, -0.05) is 59.6 Å². The average molecular weight is 369 g/mol. The molecule has 24 heavy (non-hydrogen) atoms. The number of nitrogens with zero attached hydrogens (tertiary/aromatic N) is 2. The number of aromatic nitrogens is 2. The van der Waals surface area contributed by atoms with Gasteiger partial charge < -0.3 is 0 Å². The first kappa shape index (κ1) is 16.7. The summed E-state index contributed by atoms with van der Waals surface area (Å²) in [4.78, 5) is 8.17. The molecule has 3 rings (SSSR count). The van der Waals surface area contributed by atoms with Gasteiger partial charge in [0.1, 0.15) is 5.15 Å². The maximum Gasteiger partial charge on any atom is 0.417 e. The van der Waals surface area contributed by atoms with Crippen molar-refractivity contribution in [2.24, 2.45) is 0 Å². The maximum absolute atomic E-state index is 13.2. The minimum absolute atomic E-state index is 0.0342. The Bertz CT molecular complexity index is 895. The molecule has 0 aliphatic heterocycles. The molecule has 3 aromatic rings. The summed E-state index contributed by atoms with van der Waals surface area (Å²) in [7, 11) is 0. The Morgan fingerprint density at radius 1 is 0.792 bits per heavy atom. The summed E-state index contributed by atoms with van der Waals surface area (Å²) in [6.45, 7) is 0. The lowest BCUT2D eigenvalue weighted by Crippen LogP contribution is -2.08. The van der Waals surface area contributed by atoms with E-state index in [9.17, 15) is 13.2 Å². The normalized spacial score (nSPS) is 11.5. The van der Waals surface area contributed by atoms with Crippen LogP contribution in [0.1, 0.15) is 5.56 Å². The van der Waals surface area contributed by atoms with Crippen molar-refractivity contribution in [3.63, 3.8) is 0 Å². The van der Waals surface area contributed by atoms with Crippen LogP contribution in [0.15, 0.2) is 54.6 Å². The topological polar surface area (TPSA) is 25.8 Å². The summed E-state index contributed by atoms with van der Waals surface area (Å²) in [5.74, 6) is -0.106. The zero-order valence-electron chi connectivity index (χ0n) is 12.0. The molecular weight excluding hydrogens is 360 g/mol. The standard InChI is InChI=1S/C17H9Cl2F3N2/c18-13-8-4-2-6-11(13)14-9-15(19)24-16(23-14)10-5-1-3-7-12(10)17(20,21)22/h1-9H. The second-order valence-electron chi connectivity index (χ2n) is 4.92. The number of benzene rings is 2. The van der Waals surface area contributed by atoms with E-state index in [2.05, 4.69) is 9.97 Å². The summed E-state index contributed by atoms with van der Waals surface area (Å²) < 4.78 is 39.6. The molecule has 2 nitrogen and oxygen atoms in total. The van der Waals surface area contributed by atoms with E-state index >= 15 is 0 Å². The first-order valence-electron chi connectivity index (χ1n) is 6.82. The summed E-state index contributed by atoms with van der Waals surface area (Å²) in [6.07, 6.45) is -4.52. The molecule has 0 saturated heterocycles. The van der Waals surface area contributed by atoms with Crippen LogP contribution >= 0.6 is 23.2 Å². The second kappa shape index (κ2) is 6.42. The Morgan fingerprint density at radius 3 is 2.08 bits per heavy atom. The van der Waals surface area contributed by atoms with Crippen LogP contribution in [0.25, 0.3) is 22.6 Å². The van der Waals surface area contributed by atoms with E-state index in [1.807, 2.05) is 0 Å². The Labute approximate surface area is 145 Å². The highest BCUT2D eigenvalue weighted by Gasteiger charge is 2.34. The van der Waals surface area contributed by atoms with Crippen molar-refractivity contribution >= 4 is 23.2 Å². The fourth-order valence-electron chi connectivity index (χ4n) is 2.27. The highest BCUT2D eigenvalue weighted by molar-refractivity contribution is 6.33. The number of hydrogen-bond acceptors (Lipinski definition) is 2. The predicted molar refractivity (Wildman–Crippen MR) is 87.9 cm³/mol. The number of halogens is 5. The van der Waals surface area contributed by atoms with Crippen molar-refractivity contribution < 1.29 is 13.2 Å². The van der Waals surface area contributed by atoms with E-state index in [-0.39, 0.29) is 16.5 Å². The third-order valence-corrected chi connectivity index (χ3v) is 3.84. The highest BCUT2D eigenvalue weighted by Crippen LogP contribution is 2.37. The summed E-state index contributed by atoms with van der Waals surface area (Å²) in [6, 6.07) is 13.4. The van der Waals surface area contributed by atoms with Gasteiger partial charge in [0.15, 0.2) is 5.82 Å². The van der Waals surface area contributed by atoms with Crippen molar-refractivity contribution in [3.8, 4) is 22.6 Å². The molecule has 0 spiro atoms. The monoisotopic (exact) mass is 368 g/mol. The average Bonchev–Trinajstić information content (AvgIpc) is 2.54. The quantitative estimate of drug-likeness (QED) is 0.508. The lowest BCUT2D eigenvalue weighted by Gasteiger charge is -2.13. The van der Waals surface area contributed by atoms with E-state index in [0.717, 1.165) is 6.07 Å². The molecule has 0 bridgehead atoms. The van der Waals surface area contributed by atoms with Gasteiger partial charge in [-0.25, -0.2) is 9.97 Å². The van der Waals surface area contributed by atoms with Gasteiger partial charge in [-0.05, 0) is 12.1 Å². The van der Waals surface area contributed by atoms with Gasteiger partial charge in [-0.3, -0.25) is 0 Å². The summed E-state index contributed by atoms with van der Waals surface area (Å²) >= 11 is 12.1. The molecule has 0 unspecified atom stereocenters. The van der Waals surface area contributed by atoms with Crippen LogP contribution in [-0.2, 0) is 6.18 Å². The molecule has 0 N–H and O–H groups in total. The Morgan fingerprint density at radius 2 is 1.42 bits per heavy atom. The molecule has 122 valence electrons. The molecule has 0 atom stereocenters. The lowest BCUT2D eigenvalue weighted by molar-refractivity contribution is -0.137. The van der Waals surface area contributed by atoms with Crippen molar-refractivity contribution in [2.45, 2.75) is 6.18 Å². The molecule has 0 radical (unpaired) electrons. The molecule has 7 heteroatoms. The first-order valence-corrected chi connectivity index (χ1v) is 7.58. The highest BCUT2D eigenvalue weighted by atomic mass is 35.5. The molecule has 0 aliphatic carbocycles. The van der Waals surface area contributed by atoms with Crippen LogP contribution in [0.4, 0.5) is 13.2 Å². The minimum Gasteiger partial charge on any atom is -0.228 e. The predicted octanol–water partition coefficient (Wildman–Crippen LogP) is 6.14. The molecule has 2 aromatic carbocycles. The fraction of sp³-hybridized carbons (Fsp3) is 0.0588. The van der Waals surface area contributed by atoms with Gasteiger partial charge in [-0.2, -0.15) is 13.2 Å².